The van der Waals surface area contributed by atoms with Crippen LogP contribution in [0.5, 0.6) is 0 Å². The largest absolute Gasteiger partial charge is 0.417 e. The van der Waals surface area contributed by atoms with Crippen LogP contribution in [0.2, 0.25) is 0 Å². The molecule has 0 unspecified atom stereocenters. The number of carbonyl (C=O) groups is 1. The number of aromatic nitrogens is 1. The molecule has 0 aliphatic carbocycles. The van der Waals surface area contributed by atoms with E-state index in [0.29, 0.717) is 45.1 Å². The van der Waals surface area contributed by atoms with Gasteiger partial charge in [0.25, 0.3) is 0 Å². The molecule has 1 fully saturated rings. The molecule has 134 valence electrons. The fraction of sp³-hybridized carbons (Fsp3) is 0.600. The Morgan fingerprint density at radius 1 is 1.42 bits per heavy atom. The molecular formula is C15H21F3N4O2. The van der Waals surface area contributed by atoms with E-state index in [1.807, 2.05) is 6.92 Å². The highest BCUT2D eigenvalue weighted by atomic mass is 19.4. The summed E-state index contributed by atoms with van der Waals surface area (Å²) in [6.07, 6.45) is -2.95. The lowest BCUT2D eigenvalue weighted by Gasteiger charge is -2.33. The zero-order chi connectivity index (χ0) is 17.6. The van der Waals surface area contributed by atoms with Crippen LogP contribution in [-0.4, -0.2) is 54.8 Å². The third kappa shape index (κ3) is 5.26. The minimum atomic E-state index is -4.38. The van der Waals surface area contributed by atoms with Gasteiger partial charge in [-0.3, -0.25) is 0 Å². The summed E-state index contributed by atoms with van der Waals surface area (Å²) >= 11 is 0. The molecule has 1 saturated heterocycles. The van der Waals surface area contributed by atoms with Crippen molar-refractivity contribution in [2.45, 2.75) is 25.6 Å². The summed E-state index contributed by atoms with van der Waals surface area (Å²) in [6.45, 7) is 4.54. The van der Waals surface area contributed by atoms with E-state index in [1.54, 1.807) is 4.90 Å². The molecule has 1 aromatic rings. The third-order valence-electron chi connectivity index (χ3n) is 3.66. The van der Waals surface area contributed by atoms with Crippen LogP contribution in [0.4, 0.5) is 23.8 Å². The highest BCUT2D eigenvalue weighted by Gasteiger charge is 2.30. The van der Waals surface area contributed by atoms with Gasteiger partial charge in [-0.15, -0.1) is 0 Å². The van der Waals surface area contributed by atoms with Gasteiger partial charge in [0.1, 0.15) is 5.82 Å². The number of ether oxygens (including phenoxy) is 1. The van der Waals surface area contributed by atoms with Gasteiger partial charge >= 0.3 is 12.2 Å². The standard InChI is InChI=1S/C15H21F3N4O2/c1-11-10-24-8-7-22(11)14(23)20-6-2-5-19-13-4-3-12(9-21-13)15(16,17)18/h3-4,9,11H,2,5-8,10H2,1H3,(H,19,21)(H,20,23)/t11-/m1/s1. The Hall–Kier alpha value is -2.03. The van der Waals surface area contributed by atoms with Crippen LogP contribution < -0.4 is 10.6 Å². The molecule has 0 bridgehead atoms. The summed E-state index contributed by atoms with van der Waals surface area (Å²) in [5, 5.41) is 5.74. The lowest BCUT2D eigenvalue weighted by molar-refractivity contribution is -0.137. The minimum Gasteiger partial charge on any atom is -0.377 e. The smallest absolute Gasteiger partial charge is 0.377 e. The molecule has 1 aliphatic rings. The summed E-state index contributed by atoms with van der Waals surface area (Å²) in [6, 6.07) is 2.19. The van der Waals surface area contributed by atoms with Gasteiger partial charge in [-0.2, -0.15) is 13.2 Å². The number of hydrogen-bond donors (Lipinski definition) is 2. The van der Waals surface area contributed by atoms with E-state index in [1.165, 1.54) is 6.07 Å². The van der Waals surface area contributed by atoms with Crippen molar-refractivity contribution in [3.63, 3.8) is 0 Å². The molecule has 1 aliphatic heterocycles. The van der Waals surface area contributed by atoms with Gasteiger partial charge in [0.05, 0.1) is 24.8 Å². The molecule has 6 nitrogen and oxygen atoms in total. The van der Waals surface area contributed by atoms with Crippen molar-refractivity contribution < 1.29 is 22.7 Å². The van der Waals surface area contributed by atoms with Gasteiger partial charge in [-0.1, -0.05) is 0 Å². The van der Waals surface area contributed by atoms with Crippen molar-refractivity contribution in [3.8, 4) is 0 Å². The first-order valence-corrected chi connectivity index (χ1v) is 7.77. The Morgan fingerprint density at radius 2 is 2.21 bits per heavy atom. The Kier molecular flexibility index (Phi) is 6.24. The van der Waals surface area contributed by atoms with Crippen LogP contribution >= 0.6 is 0 Å². The molecular weight excluding hydrogens is 325 g/mol. The normalized spacial score (nSPS) is 18.3. The van der Waals surface area contributed by atoms with Gasteiger partial charge in [-0.05, 0) is 25.5 Å². The van der Waals surface area contributed by atoms with Gasteiger partial charge in [0.2, 0.25) is 0 Å². The van der Waals surface area contributed by atoms with Crippen LogP contribution in [0.1, 0.15) is 18.9 Å². The molecule has 0 saturated carbocycles. The average Bonchev–Trinajstić information content (AvgIpc) is 2.54. The van der Waals surface area contributed by atoms with Crippen LogP contribution in [0.3, 0.4) is 0 Å². The number of nitrogens with zero attached hydrogens (tertiary/aromatic N) is 2. The number of rotatable bonds is 5. The SMILES string of the molecule is C[C@@H]1COCCN1C(=O)NCCCNc1ccc(C(F)(F)F)cn1. The first-order valence-electron chi connectivity index (χ1n) is 7.77. The van der Waals surface area contributed by atoms with Crippen molar-refractivity contribution in [2.75, 3.05) is 38.2 Å². The molecule has 1 aromatic heterocycles. The van der Waals surface area contributed by atoms with Crippen molar-refractivity contribution in [1.29, 1.82) is 0 Å². The molecule has 0 aromatic carbocycles. The number of anilines is 1. The second kappa shape index (κ2) is 8.18. The van der Waals surface area contributed by atoms with E-state index in [2.05, 4.69) is 15.6 Å². The number of hydrogen-bond acceptors (Lipinski definition) is 4. The molecule has 0 radical (unpaired) electrons. The first kappa shape index (κ1) is 18.3. The molecule has 9 heteroatoms. The molecule has 1 atom stereocenters. The Balaban J connectivity index is 1.65. The number of pyridine rings is 1. The maximum absolute atomic E-state index is 12.4. The van der Waals surface area contributed by atoms with Crippen LogP contribution in [0.25, 0.3) is 0 Å². The maximum Gasteiger partial charge on any atom is 0.417 e. The van der Waals surface area contributed by atoms with Gasteiger partial charge in [-0.25, -0.2) is 9.78 Å². The lowest BCUT2D eigenvalue weighted by atomic mass is 10.2. The van der Waals surface area contributed by atoms with Crippen LogP contribution in [0.15, 0.2) is 18.3 Å². The van der Waals surface area contributed by atoms with E-state index in [4.69, 9.17) is 4.74 Å². The third-order valence-corrected chi connectivity index (χ3v) is 3.66. The molecule has 2 rings (SSSR count). The summed E-state index contributed by atoms with van der Waals surface area (Å²) in [5.74, 6) is 0.371. The topological polar surface area (TPSA) is 66.5 Å². The number of alkyl halides is 3. The van der Waals surface area contributed by atoms with E-state index < -0.39 is 11.7 Å². The lowest BCUT2D eigenvalue weighted by Crippen LogP contribution is -2.51. The van der Waals surface area contributed by atoms with E-state index in [-0.39, 0.29) is 12.1 Å². The maximum atomic E-state index is 12.4. The fourth-order valence-electron chi connectivity index (χ4n) is 2.30. The monoisotopic (exact) mass is 346 g/mol. The number of halogens is 3. The number of urea groups is 1. The summed E-state index contributed by atoms with van der Waals surface area (Å²) in [4.78, 5) is 17.4. The number of amides is 2. The average molecular weight is 346 g/mol. The second-order valence-corrected chi connectivity index (χ2v) is 5.56. The molecule has 0 spiro atoms. The van der Waals surface area contributed by atoms with Gasteiger partial charge in [0, 0.05) is 25.8 Å². The molecule has 2 amide bonds. The molecule has 2 heterocycles. The summed E-state index contributed by atoms with van der Waals surface area (Å²) < 4.78 is 42.5. The predicted molar refractivity (Wildman–Crippen MR) is 82.7 cm³/mol. The Labute approximate surface area is 138 Å². The number of nitrogens with one attached hydrogen (secondary N) is 2. The first-order chi connectivity index (χ1) is 11.4. The number of morpholine rings is 1. The predicted octanol–water partition coefficient (Wildman–Crippen LogP) is 2.33. The summed E-state index contributed by atoms with van der Waals surface area (Å²) in [7, 11) is 0. The van der Waals surface area contributed by atoms with E-state index in [9.17, 15) is 18.0 Å². The molecule has 2 N–H and O–H groups in total. The van der Waals surface area contributed by atoms with Crippen molar-refractivity contribution in [1.82, 2.24) is 15.2 Å². The van der Waals surface area contributed by atoms with Crippen molar-refractivity contribution in [2.24, 2.45) is 0 Å². The fourth-order valence-corrected chi connectivity index (χ4v) is 2.30. The highest BCUT2D eigenvalue weighted by molar-refractivity contribution is 5.74. The van der Waals surface area contributed by atoms with E-state index >= 15 is 0 Å². The summed E-state index contributed by atoms with van der Waals surface area (Å²) in [5.41, 5.74) is -0.778. The van der Waals surface area contributed by atoms with Crippen molar-refractivity contribution >= 4 is 11.8 Å². The van der Waals surface area contributed by atoms with Crippen LogP contribution in [0, 0.1) is 0 Å². The zero-order valence-electron chi connectivity index (χ0n) is 13.4. The number of carbonyl (C=O) groups excluding carboxylic acids is 1. The Bertz CT molecular complexity index is 537. The quantitative estimate of drug-likeness (QED) is 0.803. The Morgan fingerprint density at radius 3 is 2.83 bits per heavy atom. The highest BCUT2D eigenvalue weighted by Crippen LogP contribution is 2.28. The minimum absolute atomic E-state index is 0.0493. The second-order valence-electron chi connectivity index (χ2n) is 5.56. The zero-order valence-corrected chi connectivity index (χ0v) is 13.4. The molecule has 24 heavy (non-hydrogen) atoms. The van der Waals surface area contributed by atoms with Crippen molar-refractivity contribution in [3.05, 3.63) is 23.9 Å². The van der Waals surface area contributed by atoms with Gasteiger partial charge in [0.15, 0.2) is 0 Å². The van der Waals surface area contributed by atoms with Crippen LogP contribution in [-0.2, 0) is 10.9 Å². The van der Waals surface area contributed by atoms with E-state index in [0.717, 1.165) is 12.3 Å². The van der Waals surface area contributed by atoms with Gasteiger partial charge < -0.3 is 20.3 Å².